The molecule has 3 nitrogen and oxygen atoms in total. The number of nitrogens with zero attached hydrogens (tertiary/aromatic N) is 2. The zero-order valence-corrected chi connectivity index (χ0v) is 8.40. The van der Waals surface area contributed by atoms with E-state index in [0.29, 0.717) is 12.3 Å². The maximum absolute atomic E-state index is 8.77. The molecule has 0 saturated heterocycles. The van der Waals surface area contributed by atoms with E-state index < -0.39 is 0 Å². The molecule has 0 amide bonds. The van der Waals surface area contributed by atoms with Crippen LogP contribution >= 0.6 is 0 Å². The quantitative estimate of drug-likeness (QED) is 0.743. The molecule has 0 spiro atoms. The Labute approximate surface area is 87.9 Å². The van der Waals surface area contributed by atoms with Crippen molar-refractivity contribution in [2.75, 3.05) is 7.11 Å². The van der Waals surface area contributed by atoms with E-state index in [-0.39, 0.29) is 0 Å². The highest BCUT2D eigenvalue weighted by Gasteiger charge is 2.02. The summed E-state index contributed by atoms with van der Waals surface area (Å²) >= 11 is 0. The van der Waals surface area contributed by atoms with Crippen LogP contribution in [0.1, 0.15) is 11.3 Å². The molecule has 0 aliphatic rings. The Balaban J connectivity index is 2.66. The SMILES string of the molecule is COCc1cccc2ccc(C#N)nc12. The maximum Gasteiger partial charge on any atom is 0.141 e. The number of hydrogen-bond acceptors (Lipinski definition) is 3. The normalized spacial score (nSPS) is 10.1. The second-order valence-electron chi connectivity index (χ2n) is 3.23. The minimum absolute atomic E-state index is 0.436. The molecule has 1 heterocycles. The van der Waals surface area contributed by atoms with Gasteiger partial charge >= 0.3 is 0 Å². The molecule has 0 atom stereocenters. The minimum Gasteiger partial charge on any atom is -0.380 e. The molecule has 1 aromatic heterocycles. The molecular weight excluding hydrogens is 188 g/mol. The average Bonchev–Trinajstić information content (AvgIpc) is 2.29. The number of methoxy groups -OCH3 is 1. The minimum atomic E-state index is 0.436. The fourth-order valence-corrected chi connectivity index (χ4v) is 1.54. The number of aromatic nitrogens is 1. The van der Waals surface area contributed by atoms with Gasteiger partial charge in [-0.2, -0.15) is 5.26 Å². The van der Waals surface area contributed by atoms with E-state index in [1.54, 1.807) is 13.2 Å². The lowest BCUT2D eigenvalue weighted by Gasteiger charge is -2.04. The average molecular weight is 198 g/mol. The highest BCUT2D eigenvalue weighted by molar-refractivity contribution is 5.82. The molecule has 74 valence electrons. The van der Waals surface area contributed by atoms with Crippen LogP contribution in [0.3, 0.4) is 0 Å². The molecule has 0 bridgehead atoms. The highest BCUT2D eigenvalue weighted by Crippen LogP contribution is 2.17. The van der Waals surface area contributed by atoms with Gasteiger partial charge in [0.15, 0.2) is 0 Å². The van der Waals surface area contributed by atoms with Gasteiger partial charge in [-0.3, -0.25) is 0 Å². The van der Waals surface area contributed by atoms with Gasteiger partial charge in [0.05, 0.1) is 12.1 Å². The van der Waals surface area contributed by atoms with Gasteiger partial charge in [-0.1, -0.05) is 18.2 Å². The van der Waals surface area contributed by atoms with Crippen LogP contribution in [0.2, 0.25) is 0 Å². The Morgan fingerprint density at radius 1 is 1.33 bits per heavy atom. The highest BCUT2D eigenvalue weighted by atomic mass is 16.5. The van der Waals surface area contributed by atoms with E-state index in [1.807, 2.05) is 30.3 Å². The predicted molar refractivity (Wildman–Crippen MR) is 57.2 cm³/mol. The van der Waals surface area contributed by atoms with E-state index in [1.165, 1.54) is 0 Å². The fourth-order valence-electron chi connectivity index (χ4n) is 1.54. The number of pyridine rings is 1. The Kier molecular flexibility index (Phi) is 2.61. The van der Waals surface area contributed by atoms with Gasteiger partial charge in [0.2, 0.25) is 0 Å². The van der Waals surface area contributed by atoms with Crippen LogP contribution in [0.4, 0.5) is 0 Å². The molecule has 0 fully saturated rings. The van der Waals surface area contributed by atoms with Gasteiger partial charge in [0.1, 0.15) is 11.8 Å². The summed E-state index contributed by atoms with van der Waals surface area (Å²) in [6.45, 7) is 0.513. The van der Waals surface area contributed by atoms with Crippen molar-refractivity contribution in [2.24, 2.45) is 0 Å². The molecule has 15 heavy (non-hydrogen) atoms. The molecule has 0 unspecified atom stereocenters. The molecule has 2 aromatic rings. The van der Waals surface area contributed by atoms with E-state index >= 15 is 0 Å². The van der Waals surface area contributed by atoms with Gasteiger partial charge in [-0.05, 0) is 12.1 Å². The largest absolute Gasteiger partial charge is 0.380 e. The van der Waals surface area contributed by atoms with Crippen molar-refractivity contribution >= 4 is 10.9 Å². The second-order valence-corrected chi connectivity index (χ2v) is 3.23. The molecule has 0 aliphatic carbocycles. The number of para-hydroxylation sites is 1. The third kappa shape index (κ3) is 1.80. The summed E-state index contributed by atoms with van der Waals surface area (Å²) < 4.78 is 5.09. The molecule has 0 aliphatic heterocycles. The first-order valence-corrected chi connectivity index (χ1v) is 4.63. The molecule has 3 heteroatoms. The van der Waals surface area contributed by atoms with Crippen LogP contribution in [-0.2, 0) is 11.3 Å². The molecular formula is C12H10N2O. The smallest absolute Gasteiger partial charge is 0.141 e. The van der Waals surface area contributed by atoms with Gasteiger partial charge in [-0.25, -0.2) is 4.98 Å². The van der Waals surface area contributed by atoms with Crippen LogP contribution in [0, 0.1) is 11.3 Å². The zero-order chi connectivity index (χ0) is 10.7. The number of benzene rings is 1. The lowest BCUT2D eigenvalue weighted by Crippen LogP contribution is -1.93. The van der Waals surface area contributed by atoms with E-state index in [9.17, 15) is 0 Å². The number of ether oxygens (including phenoxy) is 1. The molecule has 2 rings (SSSR count). The molecule has 0 saturated carbocycles. The summed E-state index contributed by atoms with van der Waals surface area (Å²) in [7, 11) is 1.65. The third-order valence-electron chi connectivity index (χ3n) is 2.22. The Morgan fingerprint density at radius 3 is 2.93 bits per heavy atom. The summed E-state index contributed by atoms with van der Waals surface area (Å²) in [5.74, 6) is 0. The van der Waals surface area contributed by atoms with E-state index in [4.69, 9.17) is 10.00 Å². The van der Waals surface area contributed by atoms with Gasteiger partial charge < -0.3 is 4.74 Å². The molecule has 0 N–H and O–H groups in total. The van der Waals surface area contributed by atoms with E-state index in [2.05, 4.69) is 4.98 Å². The van der Waals surface area contributed by atoms with E-state index in [0.717, 1.165) is 16.5 Å². The lowest BCUT2D eigenvalue weighted by molar-refractivity contribution is 0.186. The molecule has 1 aromatic carbocycles. The van der Waals surface area contributed by atoms with Gasteiger partial charge in [0.25, 0.3) is 0 Å². The summed E-state index contributed by atoms with van der Waals surface area (Å²) in [4.78, 5) is 4.27. The van der Waals surface area contributed by atoms with Crippen LogP contribution in [0.15, 0.2) is 30.3 Å². The van der Waals surface area contributed by atoms with Gasteiger partial charge in [-0.15, -0.1) is 0 Å². The number of nitriles is 1. The van der Waals surface area contributed by atoms with Crippen molar-refractivity contribution in [3.05, 3.63) is 41.6 Å². The van der Waals surface area contributed by atoms with Crippen molar-refractivity contribution in [2.45, 2.75) is 6.61 Å². The fraction of sp³-hybridized carbons (Fsp3) is 0.167. The maximum atomic E-state index is 8.77. The van der Waals surface area contributed by atoms with Gasteiger partial charge in [0, 0.05) is 18.1 Å². The standard InChI is InChI=1S/C12H10N2O/c1-15-8-10-4-2-3-9-5-6-11(7-13)14-12(9)10/h2-6H,8H2,1H3. The van der Waals surface area contributed by atoms with Crippen molar-refractivity contribution in [3.8, 4) is 6.07 Å². The Hall–Kier alpha value is -1.92. The zero-order valence-electron chi connectivity index (χ0n) is 8.40. The van der Waals surface area contributed by atoms with Crippen molar-refractivity contribution in [3.63, 3.8) is 0 Å². The number of fused-ring (bicyclic) bond motifs is 1. The first-order chi connectivity index (χ1) is 7.35. The first kappa shape index (κ1) is 9.63. The summed E-state index contributed by atoms with van der Waals surface area (Å²) in [6, 6.07) is 11.6. The van der Waals surface area contributed by atoms with Crippen LogP contribution < -0.4 is 0 Å². The van der Waals surface area contributed by atoms with Crippen LogP contribution in [-0.4, -0.2) is 12.1 Å². The molecule has 0 radical (unpaired) electrons. The summed E-state index contributed by atoms with van der Waals surface area (Å²) in [5, 5.41) is 9.81. The number of hydrogen-bond donors (Lipinski definition) is 0. The predicted octanol–water partition coefficient (Wildman–Crippen LogP) is 2.25. The van der Waals surface area contributed by atoms with Crippen LogP contribution in [0.5, 0.6) is 0 Å². The Morgan fingerprint density at radius 2 is 2.20 bits per heavy atom. The monoisotopic (exact) mass is 198 g/mol. The van der Waals surface area contributed by atoms with Crippen molar-refractivity contribution in [1.29, 1.82) is 5.26 Å². The number of rotatable bonds is 2. The van der Waals surface area contributed by atoms with Crippen LogP contribution in [0.25, 0.3) is 10.9 Å². The topological polar surface area (TPSA) is 45.9 Å². The van der Waals surface area contributed by atoms with Crippen molar-refractivity contribution < 1.29 is 4.74 Å². The lowest BCUT2D eigenvalue weighted by atomic mass is 10.1. The first-order valence-electron chi connectivity index (χ1n) is 4.63. The Bertz CT molecular complexity index is 529. The third-order valence-corrected chi connectivity index (χ3v) is 2.22. The second kappa shape index (κ2) is 4.07. The van der Waals surface area contributed by atoms with Crippen molar-refractivity contribution in [1.82, 2.24) is 4.98 Å². The summed E-state index contributed by atoms with van der Waals surface area (Å²) in [5.41, 5.74) is 2.29. The summed E-state index contributed by atoms with van der Waals surface area (Å²) in [6.07, 6.45) is 0.